The van der Waals surface area contributed by atoms with Gasteiger partial charge >= 0.3 is 0 Å². The molecule has 2 heteroatoms. The fourth-order valence-electron chi connectivity index (χ4n) is 3.26. The highest BCUT2D eigenvalue weighted by atomic mass is 19.1. The van der Waals surface area contributed by atoms with Crippen molar-refractivity contribution in [2.45, 2.75) is 84.0 Å². The van der Waals surface area contributed by atoms with Gasteiger partial charge in [-0.3, -0.25) is 4.98 Å². The lowest BCUT2D eigenvalue weighted by molar-refractivity contribution is 0.549. The van der Waals surface area contributed by atoms with Crippen LogP contribution < -0.4 is 0 Å². The summed E-state index contributed by atoms with van der Waals surface area (Å²) in [7, 11) is 0. The Morgan fingerprint density at radius 2 is 1.38 bits per heavy atom. The average Bonchev–Trinajstić information content (AvgIpc) is 2.59. The van der Waals surface area contributed by atoms with Gasteiger partial charge in [0.2, 0.25) is 0 Å². The van der Waals surface area contributed by atoms with E-state index in [2.05, 4.69) is 11.9 Å². The van der Waals surface area contributed by atoms with Gasteiger partial charge in [-0.2, -0.15) is 0 Å². The minimum atomic E-state index is -0.172. The second-order valence-electron chi connectivity index (χ2n) is 6.95. The van der Waals surface area contributed by atoms with Crippen LogP contribution >= 0.6 is 0 Å². The number of unbranched alkanes of at least 4 members (excludes halogenated alkanes) is 10. The Bertz CT molecular complexity index is 594. The van der Waals surface area contributed by atoms with Crippen molar-refractivity contribution >= 4 is 10.8 Å². The molecule has 24 heavy (non-hydrogen) atoms. The first-order valence-electron chi connectivity index (χ1n) is 9.84. The van der Waals surface area contributed by atoms with E-state index in [4.69, 9.17) is 0 Å². The van der Waals surface area contributed by atoms with Crippen molar-refractivity contribution in [3.05, 3.63) is 42.0 Å². The molecule has 0 aliphatic heterocycles. The first-order chi connectivity index (χ1) is 11.8. The second kappa shape index (κ2) is 11.2. The largest absolute Gasteiger partial charge is 0.261 e. The van der Waals surface area contributed by atoms with Crippen molar-refractivity contribution in [3.63, 3.8) is 0 Å². The SMILES string of the molecule is CCCCCCCCCCCCCc1cc2cc(F)ccc2cn1. The quantitative estimate of drug-likeness (QED) is 0.374. The lowest BCUT2D eigenvalue weighted by Crippen LogP contribution is -1.91. The van der Waals surface area contributed by atoms with Crippen molar-refractivity contribution in [1.29, 1.82) is 0 Å². The summed E-state index contributed by atoms with van der Waals surface area (Å²) in [6.45, 7) is 2.27. The summed E-state index contributed by atoms with van der Waals surface area (Å²) in [5.41, 5.74) is 1.09. The van der Waals surface area contributed by atoms with Crippen LogP contribution in [0.2, 0.25) is 0 Å². The molecule has 1 aromatic carbocycles. The van der Waals surface area contributed by atoms with Crippen LogP contribution in [0.5, 0.6) is 0 Å². The van der Waals surface area contributed by atoms with Gasteiger partial charge in [-0.25, -0.2) is 4.39 Å². The molecule has 0 aliphatic rings. The molecular formula is C22H32FN. The number of fused-ring (bicyclic) bond motifs is 1. The van der Waals surface area contributed by atoms with E-state index >= 15 is 0 Å². The van der Waals surface area contributed by atoms with Crippen LogP contribution in [0.15, 0.2) is 30.5 Å². The van der Waals surface area contributed by atoms with E-state index in [1.54, 1.807) is 12.1 Å². The third-order valence-corrected chi connectivity index (χ3v) is 4.78. The summed E-state index contributed by atoms with van der Waals surface area (Å²) in [4.78, 5) is 4.50. The maximum absolute atomic E-state index is 13.3. The molecule has 0 bridgehead atoms. The Morgan fingerprint density at radius 3 is 2.04 bits per heavy atom. The molecule has 0 atom stereocenters. The highest BCUT2D eigenvalue weighted by Crippen LogP contribution is 2.17. The molecular weight excluding hydrogens is 297 g/mol. The summed E-state index contributed by atoms with van der Waals surface area (Å²) in [6, 6.07) is 6.92. The third kappa shape index (κ3) is 6.98. The molecule has 0 fully saturated rings. The number of hydrogen-bond acceptors (Lipinski definition) is 1. The summed E-state index contributed by atoms with van der Waals surface area (Å²) in [6.07, 6.45) is 17.8. The minimum absolute atomic E-state index is 0.172. The van der Waals surface area contributed by atoms with Crippen LogP contribution in [0, 0.1) is 5.82 Å². The fraction of sp³-hybridized carbons (Fsp3) is 0.591. The number of pyridine rings is 1. The van der Waals surface area contributed by atoms with Crippen LogP contribution in [0.25, 0.3) is 10.8 Å². The monoisotopic (exact) mass is 329 g/mol. The van der Waals surface area contributed by atoms with Crippen molar-refractivity contribution in [1.82, 2.24) is 4.98 Å². The molecule has 0 radical (unpaired) electrons. The topological polar surface area (TPSA) is 12.9 Å². The molecule has 0 saturated heterocycles. The van der Waals surface area contributed by atoms with Crippen LogP contribution in [-0.4, -0.2) is 4.98 Å². The third-order valence-electron chi connectivity index (χ3n) is 4.78. The normalized spacial score (nSPS) is 11.2. The highest BCUT2D eigenvalue weighted by Gasteiger charge is 2.00. The Balaban J connectivity index is 1.55. The molecule has 0 aliphatic carbocycles. The lowest BCUT2D eigenvalue weighted by Gasteiger charge is -2.04. The molecule has 2 aromatic rings. The molecule has 1 aromatic heterocycles. The second-order valence-corrected chi connectivity index (χ2v) is 6.95. The van der Waals surface area contributed by atoms with Gasteiger partial charge in [0.15, 0.2) is 0 Å². The van der Waals surface area contributed by atoms with Gasteiger partial charge in [-0.1, -0.05) is 71.1 Å². The van der Waals surface area contributed by atoms with Gasteiger partial charge in [0.05, 0.1) is 0 Å². The van der Waals surface area contributed by atoms with Crippen molar-refractivity contribution < 1.29 is 4.39 Å². The average molecular weight is 330 g/mol. The molecule has 0 amide bonds. The Labute approximate surface area is 146 Å². The van der Waals surface area contributed by atoms with E-state index in [1.807, 2.05) is 12.3 Å². The maximum atomic E-state index is 13.3. The lowest BCUT2D eigenvalue weighted by atomic mass is 10.0. The van der Waals surface area contributed by atoms with E-state index in [9.17, 15) is 4.39 Å². The van der Waals surface area contributed by atoms with Gasteiger partial charge in [0, 0.05) is 17.3 Å². The molecule has 2 rings (SSSR count). The Kier molecular flexibility index (Phi) is 8.80. The summed E-state index contributed by atoms with van der Waals surface area (Å²) < 4.78 is 13.3. The number of aromatic nitrogens is 1. The van der Waals surface area contributed by atoms with E-state index in [-0.39, 0.29) is 5.82 Å². The maximum Gasteiger partial charge on any atom is 0.123 e. The zero-order valence-electron chi connectivity index (χ0n) is 15.2. The predicted molar refractivity (Wildman–Crippen MR) is 102 cm³/mol. The Morgan fingerprint density at radius 1 is 0.750 bits per heavy atom. The number of halogens is 1. The number of nitrogens with zero attached hydrogens (tertiary/aromatic N) is 1. The van der Waals surface area contributed by atoms with E-state index in [0.717, 1.165) is 22.9 Å². The van der Waals surface area contributed by atoms with Gasteiger partial charge in [0.25, 0.3) is 0 Å². The number of hydrogen-bond donors (Lipinski definition) is 0. The van der Waals surface area contributed by atoms with Crippen LogP contribution in [0.4, 0.5) is 4.39 Å². The standard InChI is InChI=1S/C22H32FN/c1-2-3-4-5-6-7-8-9-10-11-12-13-22-17-20-16-21(23)15-14-19(20)18-24-22/h14-18H,2-13H2,1H3. The van der Waals surface area contributed by atoms with Gasteiger partial charge in [-0.05, 0) is 42.5 Å². The first-order valence-corrected chi connectivity index (χ1v) is 9.84. The molecule has 0 unspecified atom stereocenters. The molecule has 1 nitrogen and oxygen atoms in total. The smallest absolute Gasteiger partial charge is 0.123 e. The van der Waals surface area contributed by atoms with E-state index in [0.29, 0.717) is 0 Å². The summed E-state index contributed by atoms with van der Waals surface area (Å²) in [5, 5.41) is 1.97. The first kappa shape index (κ1) is 18.9. The highest BCUT2D eigenvalue weighted by molar-refractivity contribution is 5.81. The van der Waals surface area contributed by atoms with Crippen molar-refractivity contribution in [2.24, 2.45) is 0 Å². The van der Waals surface area contributed by atoms with E-state index < -0.39 is 0 Å². The number of benzene rings is 1. The predicted octanol–water partition coefficient (Wildman–Crippen LogP) is 7.23. The molecule has 132 valence electrons. The minimum Gasteiger partial charge on any atom is -0.261 e. The zero-order valence-corrected chi connectivity index (χ0v) is 15.2. The zero-order chi connectivity index (χ0) is 17.0. The fourth-order valence-corrected chi connectivity index (χ4v) is 3.26. The van der Waals surface area contributed by atoms with Crippen molar-refractivity contribution in [3.8, 4) is 0 Å². The summed E-state index contributed by atoms with van der Waals surface area (Å²) in [5.74, 6) is -0.172. The molecule has 0 spiro atoms. The van der Waals surface area contributed by atoms with Crippen LogP contribution in [0.3, 0.4) is 0 Å². The van der Waals surface area contributed by atoms with Crippen LogP contribution in [0.1, 0.15) is 83.2 Å². The summed E-state index contributed by atoms with van der Waals surface area (Å²) >= 11 is 0. The molecule has 1 heterocycles. The van der Waals surface area contributed by atoms with E-state index in [1.165, 1.54) is 76.7 Å². The van der Waals surface area contributed by atoms with Gasteiger partial charge in [-0.15, -0.1) is 0 Å². The van der Waals surface area contributed by atoms with Gasteiger partial charge in [0.1, 0.15) is 5.82 Å². The van der Waals surface area contributed by atoms with Gasteiger partial charge < -0.3 is 0 Å². The van der Waals surface area contributed by atoms with Crippen LogP contribution in [-0.2, 0) is 6.42 Å². The molecule has 0 saturated carbocycles. The molecule has 0 N–H and O–H groups in total. The Hall–Kier alpha value is -1.44. The van der Waals surface area contributed by atoms with Crippen molar-refractivity contribution in [2.75, 3.05) is 0 Å². The number of aryl methyl sites for hydroxylation is 1. The number of rotatable bonds is 12.